The monoisotopic (exact) mass is 367 g/mol. The molecule has 0 spiro atoms. The van der Waals surface area contributed by atoms with Gasteiger partial charge < -0.3 is 19.6 Å². The Morgan fingerprint density at radius 1 is 1.15 bits per heavy atom. The molecule has 3 aromatic rings. The number of fused-ring (bicyclic) bond motifs is 1. The van der Waals surface area contributed by atoms with Gasteiger partial charge in [-0.3, -0.25) is 0 Å². The number of hydrogen-bond donors (Lipinski definition) is 1. The van der Waals surface area contributed by atoms with Gasteiger partial charge in [-0.1, -0.05) is 17.4 Å². The third-order valence-electron chi connectivity index (χ3n) is 6.49. The second-order valence-corrected chi connectivity index (χ2v) is 9.31. The van der Waals surface area contributed by atoms with Crippen molar-refractivity contribution in [2.45, 2.75) is 18.9 Å². The summed E-state index contributed by atoms with van der Waals surface area (Å²) in [7, 11) is 0. The van der Waals surface area contributed by atoms with Crippen molar-refractivity contribution in [3.8, 4) is 15.6 Å². The molecule has 26 heavy (non-hydrogen) atoms. The lowest BCUT2D eigenvalue weighted by atomic mass is 9.66. The molecule has 0 radical (unpaired) electrons. The number of hydroxylamine groups is 3. The lowest BCUT2D eigenvalue weighted by Crippen LogP contribution is -2.68. The number of thiazole rings is 1. The summed E-state index contributed by atoms with van der Waals surface area (Å²) >= 11 is 1.61. The topological polar surface area (TPSA) is 61.0 Å². The first kappa shape index (κ1) is 15.2. The zero-order valence-corrected chi connectivity index (χ0v) is 15.2. The highest BCUT2D eigenvalue weighted by molar-refractivity contribution is 7.16. The summed E-state index contributed by atoms with van der Waals surface area (Å²) < 4.78 is 6.39. The zero-order chi connectivity index (χ0) is 17.3. The largest absolute Gasteiger partial charge is 0.633 e. The van der Waals surface area contributed by atoms with E-state index in [9.17, 15) is 5.21 Å². The Bertz CT molecular complexity index is 964. The molecular weight excluding hydrogens is 346 g/mol. The molecule has 3 saturated heterocycles. The molecule has 4 aliphatic rings. The van der Waals surface area contributed by atoms with Crippen LogP contribution in [0.4, 0.5) is 0 Å². The van der Waals surface area contributed by atoms with Crippen LogP contribution in [0.2, 0.25) is 0 Å². The van der Waals surface area contributed by atoms with Gasteiger partial charge in [0.25, 0.3) is 5.19 Å². The van der Waals surface area contributed by atoms with Crippen LogP contribution in [0.15, 0.2) is 36.7 Å². The molecule has 2 unspecified atom stereocenters. The molecule has 3 aliphatic heterocycles. The van der Waals surface area contributed by atoms with Crippen molar-refractivity contribution in [1.82, 2.24) is 9.97 Å². The van der Waals surface area contributed by atoms with Gasteiger partial charge in [0, 0.05) is 35.7 Å². The molecule has 4 bridgehead atoms. The minimum Gasteiger partial charge on any atom is -0.633 e. The summed E-state index contributed by atoms with van der Waals surface area (Å²) in [5.41, 5.74) is 2.32. The van der Waals surface area contributed by atoms with E-state index in [1.807, 2.05) is 12.4 Å². The van der Waals surface area contributed by atoms with E-state index >= 15 is 0 Å². The molecule has 1 aromatic carbocycles. The number of quaternary nitrogens is 1. The summed E-state index contributed by atoms with van der Waals surface area (Å²) in [6.07, 6.45) is 6.37. The Hall–Kier alpha value is -1.89. The van der Waals surface area contributed by atoms with Gasteiger partial charge in [-0.15, -0.1) is 0 Å². The van der Waals surface area contributed by atoms with Gasteiger partial charge in [-0.2, -0.15) is 0 Å². The third kappa shape index (κ3) is 2.32. The number of piperidine rings is 3. The van der Waals surface area contributed by atoms with Crippen LogP contribution in [-0.4, -0.2) is 40.4 Å². The van der Waals surface area contributed by atoms with Crippen molar-refractivity contribution < 1.29 is 9.38 Å². The van der Waals surface area contributed by atoms with Gasteiger partial charge in [0.05, 0.1) is 24.5 Å². The summed E-state index contributed by atoms with van der Waals surface area (Å²) in [5.74, 6) is 1.43. The first-order valence-electron chi connectivity index (χ1n) is 9.42. The maximum Gasteiger partial charge on any atom is 0.274 e. The average molecular weight is 367 g/mol. The van der Waals surface area contributed by atoms with E-state index in [0.29, 0.717) is 17.8 Å². The predicted molar refractivity (Wildman–Crippen MR) is 102 cm³/mol. The Morgan fingerprint density at radius 2 is 2.00 bits per heavy atom. The van der Waals surface area contributed by atoms with Crippen molar-refractivity contribution in [2.24, 2.45) is 17.8 Å². The summed E-state index contributed by atoms with van der Waals surface area (Å²) in [6.45, 7) is 2.31. The molecule has 1 saturated carbocycles. The third-order valence-corrected chi connectivity index (χ3v) is 7.42. The number of hydrogen-bond acceptors (Lipinski definition) is 4. The van der Waals surface area contributed by atoms with Crippen LogP contribution in [0.3, 0.4) is 0 Å². The maximum atomic E-state index is 12.7. The van der Waals surface area contributed by atoms with Crippen molar-refractivity contribution >= 4 is 22.2 Å². The molecular formula is C20H21N3O2S. The first-order chi connectivity index (χ1) is 12.7. The number of ether oxygens (including phenoxy) is 1. The van der Waals surface area contributed by atoms with Crippen LogP contribution in [-0.2, 0) is 0 Å². The van der Waals surface area contributed by atoms with Crippen LogP contribution >= 0.6 is 11.3 Å². The normalized spacial score (nSPS) is 35.3. The molecule has 1 aliphatic carbocycles. The van der Waals surface area contributed by atoms with E-state index in [0.717, 1.165) is 48.1 Å². The van der Waals surface area contributed by atoms with E-state index in [4.69, 9.17) is 4.74 Å². The van der Waals surface area contributed by atoms with Crippen molar-refractivity contribution in [1.29, 1.82) is 0 Å². The van der Waals surface area contributed by atoms with E-state index < -0.39 is 0 Å². The number of aromatic amines is 1. The van der Waals surface area contributed by atoms with Crippen LogP contribution in [0.1, 0.15) is 12.8 Å². The fourth-order valence-corrected chi connectivity index (χ4v) is 6.42. The van der Waals surface area contributed by atoms with E-state index in [1.54, 1.807) is 11.3 Å². The highest BCUT2D eigenvalue weighted by Gasteiger charge is 2.54. The number of H-pyrrole nitrogens is 1. The standard InChI is InChI=1S/C20H21N3O2S/c24-23-9-12-5-15(10-23)19(16(6-12)11-23)25-20-22-8-18(26-20)14-1-2-17-13(7-14)3-4-21-17/h1-4,7-8,12,15-16,19,21H,5-6,9-11H2. The maximum absolute atomic E-state index is 12.7. The second kappa shape index (κ2) is 5.31. The fourth-order valence-electron chi connectivity index (χ4n) is 5.62. The Balaban J connectivity index is 1.25. The SMILES string of the molecule is [O-][N+]12CC3CC(C1)C(Oc1ncc(-c4ccc5[nH]ccc5c4)s1)C(C3)C2. The number of benzene rings is 1. The predicted octanol–water partition coefficient (Wildman–Crippen LogP) is 4.02. The van der Waals surface area contributed by atoms with E-state index in [2.05, 4.69) is 34.2 Å². The van der Waals surface area contributed by atoms with Crippen LogP contribution in [0.25, 0.3) is 21.3 Å². The van der Waals surface area contributed by atoms with Crippen molar-refractivity contribution in [3.05, 3.63) is 41.9 Å². The minimum atomic E-state index is 0.0274. The molecule has 4 fully saturated rings. The Morgan fingerprint density at radius 3 is 2.81 bits per heavy atom. The average Bonchev–Trinajstić information content (AvgIpc) is 3.25. The van der Waals surface area contributed by atoms with Crippen LogP contribution in [0.5, 0.6) is 5.19 Å². The Labute approximate surface area is 155 Å². The summed E-state index contributed by atoms with van der Waals surface area (Å²) in [6, 6.07) is 8.50. The second-order valence-electron chi connectivity index (χ2n) is 8.32. The van der Waals surface area contributed by atoms with Crippen molar-refractivity contribution in [3.63, 3.8) is 0 Å². The van der Waals surface area contributed by atoms with Gasteiger partial charge >= 0.3 is 0 Å². The van der Waals surface area contributed by atoms with Crippen molar-refractivity contribution in [2.75, 3.05) is 19.6 Å². The number of nitrogens with zero attached hydrogens (tertiary/aromatic N) is 2. The number of rotatable bonds is 3. The van der Waals surface area contributed by atoms with Gasteiger partial charge in [-0.05, 0) is 42.0 Å². The lowest BCUT2D eigenvalue weighted by Gasteiger charge is -2.62. The zero-order valence-electron chi connectivity index (χ0n) is 14.4. The summed E-state index contributed by atoms with van der Waals surface area (Å²) in [4.78, 5) is 8.89. The molecule has 2 atom stereocenters. The molecule has 1 N–H and O–H groups in total. The molecule has 5 heterocycles. The molecule has 2 aromatic heterocycles. The van der Waals surface area contributed by atoms with Gasteiger partial charge in [-0.25, -0.2) is 4.98 Å². The van der Waals surface area contributed by atoms with Gasteiger partial charge in [0.2, 0.25) is 0 Å². The minimum absolute atomic E-state index is 0.0274. The Kier molecular flexibility index (Phi) is 3.11. The highest BCUT2D eigenvalue weighted by atomic mass is 32.1. The lowest BCUT2D eigenvalue weighted by molar-refractivity contribution is -0.911. The first-order valence-corrected chi connectivity index (χ1v) is 10.2. The summed E-state index contributed by atoms with van der Waals surface area (Å²) in [5, 5.41) is 14.7. The van der Waals surface area contributed by atoms with Gasteiger partial charge in [0.1, 0.15) is 6.10 Å². The molecule has 6 heteroatoms. The van der Waals surface area contributed by atoms with E-state index in [1.165, 1.54) is 10.9 Å². The number of nitrogens with one attached hydrogen (secondary N) is 1. The van der Waals surface area contributed by atoms with Crippen LogP contribution < -0.4 is 4.74 Å². The molecule has 0 amide bonds. The quantitative estimate of drug-likeness (QED) is 0.562. The smallest absolute Gasteiger partial charge is 0.274 e. The molecule has 134 valence electrons. The van der Waals surface area contributed by atoms with Gasteiger partial charge in [0.15, 0.2) is 0 Å². The molecule has 5 nitrogen and oxygen atoms in total. The highest BCUT2D eigenvalue weighted by Crippen LogP contribution is 2.48. The fraction of sp³-hybridized carbons (Fsp3) is 0.450. The molecule has 7 rings (SSSR count). The number of aromatic nitrogens is 2. The van der Waals surface area contributed by atoms with E-state index in [-0.39, 0.29) is 10.8 Å². The van der Waals surface area contributed by atoms with Crippen LogP contribution in [0, 0.1) is 23.0 Å².